The fourth-order valence-corrected chi connectivity index (χ4v) is 9.10. The van der Waals surface area contributed by atoms with Gasteiger partial charge in [0.2, 0.25) is 5.78 Å². The van der Waals surface area contributed by atoms with Crippen molar-refractivity contribution in [1.29, 1.82) is 0 Å². The second-order valence-corrected chi connectivity index (χ2v) is 14.0. The van der Waals surface area contributed by atoms with Crippen molar-refractivity contribution < 1.29 is 38.8 Å². The highest BCUT2D eigenvalue weighted by atomic mass is 19.1. The highest BCUT2D eigenvalue weighted by Gasteiger charge is 2.75. The second kappa shape index (κ2) is 13.5. The average molecular weight is 606 g/mol. The van der Waals surface area contributed by atoms with Gasteiger partial charge in [-0.3, -0.25) is 9.59 Å². The number of amides is 1. The van der Waals surface area contributed by atoms with Crippen molar-refractivity contribution in [3.05, 3.63) is 23.8 Å². The number of alkyl halides is 1. The fraction of sp³-hybridized carbons (Fsp3) is 0.794. The third-order valence-corrected chi connectivity index (χ3v) is 11.6. The number of Topliss-reactive ketones (excluding diaryl/α,β-unsaturated/α-hetero) is 1. The third-order valence-electron chi connectivity index (χ3n) is 11.6. The Morgan fingerprint density at radius 1 is 1.05 bits per heavy atom. The van der Waals surface area contributed by atoms with Gasteiger partial charge in [-0.2, -0.15) is 0 Å². The first-order valence-corrected chi connectivity index (χ1v) is 16.4. The van der Waals surface area contributed by atoms with E-state index in [2.05, 4.69) is 5.32 Å². The lowest BCUT2D eigenvalue weighted by molar-refractivity contribution is -0.219. The number of nitrogens with one attached hydrogen (secondary N) is 1. The van der Waals surface area contributed by atoms with Gasteiger partial charge in [0.25, 0.3) is 0 Å². The van der Waals surface area contributed by atoms with E-state index in [9.17, 15) is 24.6 Å². The lowest BCUT2D eigenvalue weighted by Gasteiger charge is -2.62. The third kappa shape index (κ3) is 5.98. The van der Waals surface area contributed by atoms with Gasteiger partial charge in [0.15, 0.2) is 18.1 Å². The van der Waals surface area contributed by atoms with E-state index in [0.29, 0.717) is 31.4 Å². The molecule has 0 aromatic heterocycles. The van der Waals surface area contributed by atoms with Crippen LogP contribution in [0.15, 0.2) is 23.8 Å². The number of ketones is 2. The Kier molecular flexibility index (Phi) is 10.6. The number of aliphatic hydroxyl groups is 3. The number of alkyl carbamates (subject to hydrolysis) is 1. The Bertz CT molecular complexity index is 1110. The van der Waals surface area contributed by atoms with Crippen LogP contribution >= 0.6 is 0 Å². The quantitative estimate of drug-likeness (QED) is 0.202. The molecule has 0 bridgehead atoms. The number of hydrogen-bond acceptors (Lipinski definition) is 7. The van der Waals surface area contributed by atoms with Crippen molar-refractivity contribution in [1.82, 2.24) is 5.32 Å². The summed E-state index contributed by atoms with van der Waals surface area (Å²) < 4.78 is 22.5. The second-order valence-electron chi connectivity index (χ2n) is 14.0. The van der Waals surface area contributed by atoms with Crippen molar-refractivity contribution in [2.75, 3.05) is 19.8 Å². The molecule has 43 heavy (non-hydrogen) atoms. The average Bonchev–Trinajstić information content (AvgIpc) is 3.17. The summed E-state index contributed by atoms with van der Waals surface area (Å²) in [5.74, 6) is -2.30. The van der Waals surface area contributed by atoms with E-state index in [1.54, 1.807) is 26.8 Å². The van der Waals surface area contributed by atoms with Crippen molar-refractivity contribution in [2.24, 2.45) is 28.6 Å². The number of carbonyl (C=O) groups excluding carboxylic acids is 3. The Morgan fingerprint density at radius 2 is 1.67 bits per heavy atom. The normalized spacial score (nSPS) is 38.1. The number of carbonyl (C=O) groups is 3. The first kappa shape index (κ1) is 33.8. The zero-order valence-corrected chi connectivity index (χ0v) is 26.2. The molecule has 0 aromatic carbocycles. The molecule has 0 saturated heterocycles. The zero-order valence-electron chi connectivity index (χ0n) is 26.2. The number of halogens is 1. The van der Waals surface area contributed by atoms with Crippen molar-refractivity contribution in [3.63, 3.8) is 0 Å². The summed E-state index contributed by atoms with van der Waals surface area (Å²) in [6, 6.07) is 0. The summed E-state index contributed by atoms with van der Waals surface area (Å²) in [5.41, 5.74) is -5.48. The number of allylic oxidation sites excluding steroid dienone is 4. The number of fused-ring (bicyclic) bond motifs is 5. The van der Waals surface area contributed by atoms with Gasteiger partial charge in [-0.1, -0.05) is 70.4 Å². The van der Waals surface area contributed by atoms with Crippen LogP contribution in [-0.2, 0) is 14.3 Å². The van der Waals surface area contributed by atoms with E-state index >= 15 is 4.39 Å². The van der Waals surface area contributed by atoms with Crippen LogP contribution in [0.2, 0.25) is 0 Å². The van der Waals surface area contributed by atoms with Gasteiger partial charge in [0.1, 0.15) is 5.60 Å². The van der Waals surface area contributed by atoms with Crippen LogP contribution < -0.4 is 5.32 Å². The van der Waals surface area contributed by atoms with Crippen molar-refractivity contribution in [3.8, 4) is 0 Å². The number of unbranched alkanes of at least 4 members (excludes halogenated alkanes) is 8. The molecule has 4 N–H and O–H groups in total. The minimum Gasteiger partial charge on any atom is -0.441 e. The van der Waals surface area contributed by atoms with Gasteiger partial charge in [-0.15, -0.1) is 0 Å². The van der Waals surface area contributed by atoms with E-state index in [4.69, 9.17) is 9.84 Å². The minimum atomic E-state index is -2.04. The molecule has 0 spiro atoms. The Labute approximate surface area is 255 Å². The molecular formula is C34H52FNO7. The maximum absolute atomic E-state index is 17.3. The van der Waals surface area contributed by atoms with Crippen molar-refractivity contribution >= 4 is 17.7 Å². The van der Waals surface area contributed by atoms with Gasteiger partial charge in [-0.25, -0.2) is 9.18 Å². The number of ether oxygens (including phenoxy) is 1. The molecule has 8 unspecified atom stereocenters. The molecule has 3 saturated carbocycles. The van der Waals surface area contributed by atoms with Crippen LogP contribution in [0.1, 0.15) is 104 Å². The standard InChI is InChI=1S/C34H52FNO7/c1-23-19-27-26-14-13-24-20-25(38)15-16-31(24,2)33(26,35)28(39)21-32(27,3)34(23,42)29(40)22-43-30(41)36-17-11-9-7-5-4-6-8-10-12-18-37/h15-16,20,23,26-28,37,39,42H,4-14,17-19,21-22H2,1-3H3,(H,36,41). The van der Waals surface area contributed by atoms with E-state index in [-0.39, 0.29) is 24.7 Å². The molecule has 3 fully saturated rings. The number of hydrogen-bond donors (Lipinski definition) is 4. The largest absolute Gasteiger partial charge is 0.441 e. The molecule has 0 aromatic rings. The Balaban J connectivity index is 1.30. The smallest absolute Gasteiger partial charge is 0.407 e. The van der Waals surface area contributed by atoms with Crippen molar-refractivity contribution in [2.45, 2.75) is 122 Å². The van der Waals surface area contributed by atoms with Gasteiger partial charge in [0, 0.05) is 29.9 Å². The molecule has 0 heterocycles. The summed E-state index contributed by atoms with van der Waals surface area (Å²) in [6.07, 6.45) is 13.0. The van der Waals surface area contributed by atoms with E-state index in [1.165, 1.54) is 25.0 Å². The number of aliphatic hydroxyl groups excluding tert-OH is 2. The lowest BCUT2D eigenvalue weighted by atomic mass is 9.44. The van der Waals surface area contributed by atoms with Gasteiger partial charge in [0.05, 0.1) is 6.10 Å². The predicted octanol–water partition coefficient (Wildman–Crippen LogP) is 5.13. The van der Waals surface area contributed by atoms with Crippen LogP contribution in [0.25, 0.3) is 0 Å². The summed E-state index contributed by atoms with van der Waals surface area (Å²) in [7, 11) is 0. The molecule has 8 atom stereocenters. The predicted molar refractivity (Wildman–Crippen MR) is 161 cm³/mol. The highest BCUT2D eigenvalue weighted by molar-refractivity contribution is 6.01. The summed E-state index contributed by atoms with van der Waals surface area (Å²) in [4.78, 5) is 38.0. The monoisotopic (exact) mass is 605 g/mol. The first-order chi connectivity index (χ1) is 20.4. The van der Waals surface area contributed by atoms with E-state index in [1.807, 2.05) is 0 Å². The highest BCUT2D eigenvalue weighted by Crippen LogP contribution is 2.70. The molecule has 4 rings (SSSR count). The van der Waals surface area contributed by atoms with Gasteiger partial charge >= 0.3 is 6.09 Å². The molecule has 9 heteroatoms. The van der Waals surface area contributed by atoms with Gasteiger partial charge in [-0.05, 0) is 69.4 Å². The SMILES string of the molecule is CC1CC2C3CCC4=CC(=O)C=CC4(C)C3(F)C(O)CC2(C)C1(O)C(=O)COC(=O)NCCCCCCCCCCCO. The zero-order chi connectivity index (χ0) is 31.5. The van der Waals surface area contributed by atoms with Crippen LogP contribution in [0.5, 0.6) is 0 Å². The van der Waals surface area contributed by atoms with Crippen LogP contribution in [0.3, 0.4) is 0 Å². The van der Waals surface area contributed by atoms with E-state index in [0.717, 1.165) is 44.9 Å². The molecule has 0 aliphatic heterocycles. The Morgan fingerprint density at radius 3 is 2.33 bits per heavy atom. The van der Waals surface area contributed by atoms with Crippen LogP contribution in [-0.4, -0.2) is 70.1 Å². The fourth-order valence-electron chi connectivity index (χ4n) is 9.10. The molecule has 4 aliphatic rings. The molecular weight excluding hydrogens is 553 g/mol. The molecule has 1 amide bonds. The lowest BCUT2D eigenvalue weighted by Crippen LogP contribution is -2.69. The first-order valence-electron chi connectivity index (χ1n) is 16.4. The van der Waals surface area contributed by atoms with Crippen LogP contribution in [0, 0.1) is 28.6 Å². The molecule has 0 radical (unpaired) electrons. The summed E-state index contributed by atoms with van der Waals surface area (Å²) in [5, 5.41) is 35.0. The Hall–Kier alpha value is -2.10. The minimum absolute atomic E-state index is 0.114. The number of rotatable bonds is 14. The maximum atomic E-state index is 17.3. The maximum Gasteiger partial charge on any atom is 0.407 e. The summed E-state index contributed by atoms with van der Waals surface area (Å²) >= 11 is 0. The topological polar surface area (TPSA) is 133 Å². The molecule has 242 valence electrons. The summed E-state index contributed by atoms with van der Waals surface area (Å²) in [6.45, 7) is 5.39. The molecule has 8 nitrogen and oxygen atoms in total. The molecule has 4 aliphatic carbocycles. The van der Waals surface area contributed by atoms with E-state index < -0.39 is 58.5 Å². The van der Waals surface area contributed by atoms with Gasteiger partial charge < -0.3 is 25.4 Å². The van der Waals surface area contributed by atoms with Crippen LogP contribution in [0.4, 0.5) is 9.18 Å².